The van der Waals surface area contributed by atoms with Crippen LogP contribution in [0, 0.1) is 11.3 Å². The molecule has 1 unspecified atom stereocenters. The van der Waals surface area contributed by atoms with Gasteiger partial charge < -0.3 is 4.74 Å². The number of nitrogens with zero attached hydrogens (tertiary/aromatic N) is 1. The number of benzene rings is 1. The van der Waals surface area contributed by atoms with Crippen LogP contribution in [0.5, 0.6) is 5.75 Å². The Kier molecular flexibility index (Phi) is 2.86. The molecule has 0 fully saturated rings. The van der Waals surface area contributed by atoms with Gasteiger partial charge in [-0.15, -0.1) is 0 Å². The van der Waals surface area contributed by atoms with Crippen LogP contribution in [0.15, 0.2) is 18.2 Å². The molecule has 0 N–H and O–H groups in total. The number of methoxy groups -OCH3 is 1. The van der Waals surface area contributed by atoms with Crippen LogP contribution in [0.25, 0.3) is 0 Å². The van der Waals surface area contributed by atoms with Gasteiger partial charge in [-0.05, 0) is 19.1 Å². The van der Waals surface area contributed by atoms with Crippen molar-refractivity contribution in [3.63, 3.8) is 0 Å². The molecule has 13 heavy (non-hydrogen) atoms. The van der Waals surface area contributed by atoms with Crippen LogP contribution in [0.3, 0.4) is 0 Å². The zero-order valence-corrected chi connectivity index (χ0v) is 7.54. The zero-order valence-electron chi connectivity index (χ0n) is 7.54. The van der Waals surface area contributed by atoms with Crippen LogP contribution in [0.2, 0.25) is 0 Å². The minimum atomic E-state index is -1.19. The van der Waals surface area contributed by atoms with E-state index in [2.05, 4.69) is 0 Å². The number of rotatable bonds is 2. The highest BCUT2D eigenvalue weighted by molar-refractivity contribution is 5.47. The lowest BCUT2D eigenvalue weighted by Crippen LogP contribution is -1.96. The second-order valence-electron chi connectivity index (χ2n) is 2.65. The van der Waals surface area contributed by atoms with Gasteiger partial charge in [0.05, 0.1) is 18.7 Å². The summed E-state index contributed by atoms with van der Waals surface area (Å²) in [6.45, 7) is 1.39. The van der Waals surface area contributed by atoms with Crippen molar-refractivity contribution in [3.05, 3.63) is 29.3 Å². The van der Waals surface area contributed by atoms with Gasteiger partial charge in [-0.1, -0.05) is 6.07 Å². The third-order valence-electron chi connectivity index (χ3n) is 1.80. The standard InChI is InChI=1S/C10H10FNO/c1-7(11)10-8(6-12)4-3-5-9(10)13-2/h3-5,7H,1-2H3. The van der Waals surface area contributed by atoms with E-state index < -0.39 is 6.17 Å². The molecule has 1 aromatic rings. The van der Waals surface area contributed by atoms with E-state index in [1.165, 1.54) is 14.0 Å². The average Bonchev–Trinajstić information content (AvgIpc) is 2.16. The Morgan fingerprint density at radius 2 is 2.23 bits per heavy atom. The molecule has 0 saturated heterocycles. The van der Waals surface area contributed by atoms with Crippen molar-refractivity contribution in [3.8, 4) is 11.8 Å². The molecular weight excluding hydrogens is 169 g/mol. The van der Waals surface area contributed by atoms with E-state index in [1.54, 1.807) is 18.2 Å². The van der Waals surface area contributed by atoms with Gasteiger partial charge in [-0.2, -0.15) is 5.26 Å². The Morgan fingerprint density at radius 3 is 2.69 bits per heavy atom. The van der Waals surface area contributed by atoms with Gasteiger partial charge in [0.2, 0.25) is 0 Å². The summed E-state index contributed by atoms with van der Waals surface area (Å²) in [7, 11) is 1.46. The highest BCUT2D eigenvalue weighted by Gasteiger charge is 2.14. The monoisotopic (exact) mass is 179 g/mol. The molecule has 0 heterocycles. The van der Waals surface area contributed by atoms with E-state index in [1.807, 2.05) is 6.07 Å². The van der Waals surface area contributed by atoms with Crippen molar-refractivity contribution in [2.45, 2.75) is 13.1 Å². The van der Waals surface area contributed by atoms with Crippen molar-refractivity contribution in [2.24, 2.45) is 0 Å². The summed E-state index contributed by atoms with van der Waals surface area (Å²) < 4.78 is 18.1. The molecule has 1 atom stereocenters. The predicted molar refractivity (Wildman–Crippen MR) is 47.2 cm³/mol. The lowest BCUT2D eigenvalue weighted by Gasteiger charge is -2.10. The predicted octanol–water partition coefficient (Wildman–Crippen LogP) is 2.60. The minimum absolute atomic E-state index is 0.326. The molecule has 1 aromatic carbocycles. The Balaban J connectivity index is 3.32. The summed E-state index contributed by atoms with van der Waals surface area (Å²) in [4.78, 5) is 0. The average molecular weight is 179 g/mol. The number of hydrogen-bond donors (Lipinski definition) is 0. The highest BCUT2D eigenvalue weighted by Crippen LogP contribution is 2.30. The summed E-state index contributed by atoms with van der Waals surface area (Å²) in [6.07, 6.45) is -1.19. The van der Waals surface area contributed by atoms with Gasteiger partial charge in [0, 0.05) is 5.56 Å². The van der Waals surface area contributed by atoms with Gasteiger partial charge in [0.15, 0.2) is 0 Å². The Morgan fingerprint density at radius 1 is 1.54 bits per heavy atom. The van der Waals surface area contributed by atoms with Crippen LogP contribution >= 0.6 is 0 Å². The molecule has 0 aliphatic carbocycles. The van der Waals surface area contributed by atoms with E-state index >= 15 is 0 Å². The van der Waals surface area contributed by atoms with Crippen molar-refractivity contribution in [1.82, 2.24) is 0 Å². The van der Waals surface area contributed by atoms with Crippen LogP contribution in [0.1, 0.15) is 24.2 Å². The first-order chi connectivity index (χ1) is 6.20. The molecule has 0 spiro atoms. The number of nitriles is 1. The molecule has 3 heteroatoms. The molecule has 0 aliphatic rings. The van der Waals surface area contributed by atoms with Crippen molar-refractivity contribution < 1.29 is 9.13 Å². The van der Waals surface area contributed by atoms with E-state index in [0.29, 0.717) is 16.9 Å². The van der Waals surface area contributed by atoms with Crippen LogP contribution in [-0.2, 0) is 0 Å². The smallest absolute Gasteiger partial charge is 0.127 e. The minimum Gasteiger partial charge on any atom is -0.496 e. The third kappa shape index (κ3) is 1.78. The molecule has 0 radical (unpaired) electrons. The Labute approximate surface area is 76.6 Å². The topological polar surface area (TPSA) is 33.0 Å². The summed E-state index contributed by atoms with van der Waals surface area (Å²) in [5.74, 6) is 0.425. The fourth-order valence-electron chi connectivity index (χ4n) is 1.23. The second kappa shape index (κ2) is 3.90. The van der Waals surface area contributed by atoms with E-state index in [0.717, 1.165) is 0 Å². The first kappa shape index (κ1) is 9.53. The first-order valence-electron chi connectivity index (χ1n) is 3.91. The summed E-state index contributed by atoms with van der Waals surface area (Å²) >= 11 is 0. The largest absolute Gasteiger partial charge is 0.496 e. The lowest BCUT2D eigenvalue weighted by molar-refractivity contribution is 0.346. The third-order valence-corrected chi connectivity index (χ3v) is 1.80. The molecule has 0 bridgehead atoms. The number of halogens is 1. The zero-order chi connectivity index (χ0) is 9.84. The summed E-state index contributed by atoms with van der Waals surface area (Å²) in [5, 5.41) is 8.72. The Hall–Kier alpha value is -1.56. The summed E-state index contributed by atoms with van der Waals surface area (Å²) in [5.41, 5.74) is 0.654. The molecule has 0 aromatic heterocycles. The van der Waals surface area contributed by atoms with E-state index in [9.17, 15) is 4.39 Å². The molecule has 2 nitrogen and oxygen atoms in total. The molecule has 0 aliphatic heterocycles. The number of ether oxygens (including phenoxy) is 1. The van der Waals surface area contributed by atoms with Gasteiger partial charge in [-0.25, -0.2) is 4.39 Å². The van der Waals surface area contributed by atoms with Crippen molar-refractivity contribution in [2.75, 3.05) is 7.11 Å². The first-order valence-corrected chi connectivity index (χ1v) is 3.91. The fraction of sp³-hybridized carbons (Fsp3) is 0.300. The SMILES string of the molecule is COc1cccc(C#N)c1C(C)F. The molecule has 1 rings (SSSR count). The van der Waals surface area contributed by atoms with E-state index in [-0.39, 0.29) is 0 Å². The lowest BCUT2D eigenvalue weighted by atomic mass is 10.0. The van der Waals surface area contributed by atoms with Crippen LogP contribution in [-0.4, -0.2) is 7.11 Å². The molecule has 0 saturated carbocycles. The van der Waals surface area contributed by atoms with Crippen LogP contribution < -0.4 is 4.74 Å². The van der Waals surface area contributed by atoms with Crippen LogP contribution in [0.4, 0.5) is 4.39 Å². The van der Waals surface area contributed by atoms with E-state index in [4.69, 9.17) is 10.00 Å². The van der Waals surface area contributed by atoms with Gasteiger partial charge >= 0.3 is 0 Å². The maximum atomic E-state index is 13.1. The van der Waals surface area contributed by atoms with Gasteiger partial charge in [0.1, 0.15) is 11.9 Å². The fourth-order valence-corrected chi connectivity index (χ4v) is 1.23. The maximum Gasteiger partial charge on any atom is 0.127 e. The second-order valence-corrected chi connectivity index (χ2v) is 2.65. The number of alkyl halides is 1. The highest BCUT2D eigenvalue weighted by atomic mass is 19.1. The molecular formula is C10H10FNO. The van der Waals surface area contributed by atoms with Gasteiger partial charge in [0.25, 0.3) is 0 Å². The van der Waals surface area contributed by atoms with Crippen molar-refractivity contribution >= 4 is 0 Å². The molecule has 68 valence electrons. The van der Waals surface area contributed by atoms with Crippen molar-refractivity contribution in [1.29, 1.82) is 5.26 Å². The normalized spacial score (nSPS) is 11.8. The quantitative estimate of drug-likeness (QED) is 0.699. The maximum absolute atomic E-state index is 13.1. The summed E-state index contributed by atoms with van der Waals surface area (Å²) in [6, 6.07) is 6.82. The Bertz CT molecular complexity index is 341. The van der Waals surface area contributed by atoms with Gasteiger partial charge in [-0.3, -0.25) is 0 Å². The molecule has 0 amide bonds. The number of hydrogen-bond acceptors (Lipinski definition) is 2.